The molecule has 9 nitrogen and oxygen atoms in total. The Morgan fingerprint density at radius 2 is 1.62 bits per heavy atom. The SMILES string of the molecule is O=C(Nc1ccc(-c2cccc3nc(Nc4ccc(OCCN5CCCC5)cc4)nn23)cc1)c1ccncc1. The molecule has 0 bridgehead atoms. The molecule has 3 aromatic heterocycles. The van der Waals surface area contributed by atoms with Gasteiger partial charge in [-0.2, -0.15) is 4.98 Å². The summed E-state index contributed by atoms with van der Waals surface area (Å²) in [5.74, 6) is 1.18. The van der Waals surface area contributed by atoms with Crippen molar-refractivity contribution >= 4 is 28.9 Å². The zero-order chi connectivity index (χ0) is 26.4. The van der Waals surface area contributed by atoms with Gasteiger partial charge in [-0.1, -0.05) is 18.2 Å². The van der Waals surface area contributed by atoms with Gasteiger partial charge in [-0.3, -0.25) is 14.7 Å². The molecule has 1 saturated heterocycles. The third kappa shape index (κ3) is 5.89. The summed E-state index contributed by atoms with van der Waals surface area (Å²) in [6.07, 6.45) is 5.78. The number of rotatable bonds is 9. The quantitative estimate of drug-likeness (QED) is 0.274. The van der Waals surface area contributed by atoms with Crippen molar-refractivity contribution in [3.63, 3.8) is 0 Å². The molecule has 9 heteroatoms. The number of nitrogens with zero attached hydrogens (tertiary/aromatic N) is 5. The van der Waals surface area contributed by atoms with Crippen LogP contribution in [0.5, 0.6) is 5.75 Å². The molecule has 5 aromatic rings. The van der Waals surface area contributed by atoms with Gasteiger partial charge in [0.2, 0.25) is 5.95 Å². The molecular weight excluding hydrogens is 490 g/mol. The first-order valence-corrected chi connectivity index (χ1v) is 13.1. The fourth-order valence-corrected chi connectivity index (χ4v) is 4.67. The number of nitrogens with one attached hydrogen (secondary N) is 2. The molecule has 2 N–H and O–H groups in total. The minimum atomic E-state index is -0.180. The van der Waals surface area contributed by atoms with E-state index in [9.17, 15) is 4.79 Å². The second-order valence-corrected chi connectivity index (χ2v) is 9.43. The first kappa shape index (κ1) is 24.6. The average Bonchev–Trinajstić information content (AvgIpc) is 3.64. The van der Waals surface area contributed by atoms with Gasteiger partial charge in [-0.15, -0.1) is 5.10 Å². The molecule has 0 aliphatic carbocycles. The first-order chi connectivity index (χ1) is 19.2. The monoisotopic (exact) mass is 519 g/mol. The topological polar surface area (TPSA) is 96.7 Å². The van der Waals surface area contributed by atoms with Gasteiger partial charge in [0.15, 0.2) is 5.65 Å². The van der Waals surface area contributed by atoms with Crippen molar-refractivity contribution in [3.8, 4) is 17.0 Å². The Hall–Kier alpha value is -4.76. The van der Waals surface area contributed by atoms with E-state index in [1.165, 1.54) is 25.9 Å². The molecule has 1 amide bonds. The maximum absolute atomic E-state index is 12.4. The summed E-state index contributed by atoms with van der Waals surface area (Å²) in [5, 5.41) is 10.9. The Bertz CT molecular complexity index is 1540. The van der Waals surface area contributed by atoms with Crippen molar-refractivity contribution in [2.45, 2.75) is 12.8 Å². The van der Waals surface area contributed by atoms with Crippen molar-refractivity contribution < 1.29 is 9.53 Å². The van der Waals surface area contributed by atoms with E-state index in [0.29, 0.717) is 23.8 Å². The Kier molecular flexibility index (Phi) is 7.13. The van der Waals surface area contributed by atoms with E-state index >= 15 is 0 Å². The van der Waals surface area contributed by atoms with Crippen LogP contribution in [-0.4, -0.2) is 56.6 Å². The molecule has 1 fully saturated rings. The molecule has 0 radical (unpaired) electrons. The third-order valence-corrected chi connectivity index (χ3v) is 6.73. The molecule has 6 rings (SSSR count). The number of pyridine rings is 2. The number of benzene rings is 2. The molecule has 0 atom stereocenters. The number of likely N-dealkylation sites (tertiary alicyclic amines) is 1. The normalized spacial score (nSPS) is 13.4. The van der Waals surface area contributed by atoms with Gasteiger partial charge in [-0.25, -0.2) is 4.52 Å². The first-order valence-electron chi connectivity index (χ1n) is 13.1. The van der Waals surface area contributed by atoms with Gasteiger partial charge in [0.1, 0.15) is 12.4 Å². The maximum Gasteiger partial charge on any atom is 0.255 e. The summed E-state index contributed by atoms with van der Waals surface area (Å²) in [5.41, 5.74) is 4.72. The van der Waals surface area contributed by atoms with E-state index < -0.39 is 0 Å². The van der Waals surface area contributed by atoms with Crippen LogP contribution in [-0.2, 0) is 0 Å². The summed E-state index contributed by atoms with van der Waals surface area (Å²) >= 11 is 0. The third-order valence-electron chi connectivity index (χ3n) is 6.73. The molecule has 1 aliphatic rings. The smallest absolute Gasteiger partial charge is 0.255 e. The number of carbonyl (C=O) groups excluding carboxylic acids is 1. The number of hydrogen-bond acceptors (Lipinski definition) is 7. The highest BCUT2D eigenvalue weighted by molar-refractivity contribution is 6.04. The van der Waals surface area contributed by atoms with Crippen LogP contribution in [0, 0.1) is 0 Å². The summed E-state index contributed by atoms with van der Waals surface area (Å²) in [7, 11) is 0. The lowest BCUT2D eigenvalue weighted by Crippen LogP contribution is -2.25. The highest BCUT2D eigenvalue weighted by Gasteiger charge is 2.12. The Balaban J connectivity index is 1.11. The standard InChI is InChI=1S/C30H29N7O2/c38-29(23-14-16-31-17-15-23)32-24-8-6-22(7-9-24)27-4-3-5-28-34-30(35-37(27)28)33-25-10-12-26(13-11-25)39-21-20-36-18-1-2-19-36/h3-17H,1-2,18-21H2,(H,32,38)(H,33,35). The molecule has 2 aromatic carbocycles. The van der Waals surface area contributed by atoms with E-state index in [1.54, 1.807) is 24.5 Å². The lowest BCUT2D eigenvalue weighted by molar-refractivity contribution is 0.102. The molecular formula is C30H29N7O2. The summed E-state index contributed by atoms with van der Waals surface area (Å²) in [6.45, 7) is 4.02. The molecule has 0 unspecified atom stereocenters. The van der Waals surface area contributed by atoms with Crippen LogP contribution in [0.15, 0.2) is 91.3 Å². The van der Waals surface area contributed by atoms with Crippen molar-refractivity contribution in [1.82, 2.24) is 24.5 Å². The van der Waals surface area contributed by atoms with Crippen LogP contribution in [0.3, 0.4) is 0 Å². The van der Waals surface area contributed by atoms with E-state index in [0.717, 1.165) is 34.9 Å². The summed E-state index contributed by atoms with van der Waals surface area (Å²) in [4.78, 5) is 23.5. The molecule has 4 heterocycles. The molecule has 0 spiro atoms. The predicted octanol–water partition coefficient (Wildman–Crippen LogP) is 5.26. The highest BCUT2D eigenvalue weighted by atomic mass is 16.5. The van der Waals surface area contributed by atoms with Gasteiger partial charge in [0.25, 0.3) is 5.91 Å². The number of fused-ring (bicyclic) bond motifs is 1. The van der Waals surface area contributed by atoms with Crippen LogP contribution in [0.4, 0.5) is 17.3 Å². The fourth-order valence-electron chi connectivity index (χ4n) is 4.67. The summed E-state index contributed by atoms with van der Waals surface area (Å²) in [6, 6.07) is 24.7. The van der Waals surface area contributed by atoms with Crippen molar-refractivity contribution in [1.29, 1.82) is 0 Å². The Labute approximate surface area is 226 Å². The van der Waals surface area contributed by atoms with Crippen molar-refractivity contribution in [2.24, 2.45) is 0 Å². The zero-order valence-corrected chi connectivity index (χ0v) is 21.5. The summed E-state index contributed by atoms with van der Waals surface area (Å²) < 4.78 is 7.72. The second-order valence-electron chi connectivity index (χ2n) is 9.43. The zero-order valence-electron chi connectivity index (χ0n) is 21.5. The number of aromatic nitrogens is 4. The van der Waals surface area contributed by atoms with E-state index in [-0.39, 0.29) is 5.91 Å². The van der Waals surface area contributed by atoms with Gasteiger partial charge in [-0.05, 0) is 86.6 Å². The van der Waals surface area contributed by atoms with E-state index in [2.05, 4.69) is 25.5 Å². The van der Waals surface area contributed by atoms with E-state index in [4.69, 9.17) is 9.84 Å². The van der Waals surface area contributed by atoms with Gasteiger partial charge < -0.3 is 15.4 Å². The maximum atomic E-state index is 12.4. The van der Waals surface area contributed by atoms with Gasteiger partial charge in [0.05, 0.1) is 5.69 Å². The van der Waals surface area contributed by atoms with Crippen LogP contribution < -0.4 is 15.4 Å². The minimum Gasteiger partial charge on any atom is -0.492 e. The number of hydrogen-bond donors (Lipinski definition) is 2. The second kappa shape index (κ2) is 11.3. The number of anilines is 3. The Morgan fingerprint density at radius 1 is 0.872 bits per heavy atom. The number of amides is 1. The lowest BCUT2D eigenvalue weighted by atomic mass is 10.1. The molecule has 196 valence electrons. The van der Waals surface area contributed by atoms with Gasteiger partial charge >= 0.3 is 0 Å². The number of ether oxygens (including phenoxy) is 1. The van der Waals surface area contributed by atoms with Crippen LogP contribution >= 0.6 is 0 Å². The van der Waals surface area contributed by atoms with Crippen LogP contribution in [0.1, 0.15) is 23.2 Å². The van der Waals surface area contributed by atoms with Gasteiger partial charge in [0, 0.05) is 41.4 Å². The largest absolute Gasteiger partial charge is 0.492 e. The lowest BCUT2D eigenvalue weighted by Gasteiger charge is -2.15. The van der Waals surface area contributed by atoms with Crippen LogP contribution in [0.2, 0.25) is 0 Å². The van der Waals surface area contributed by atoms with Crippen LogP contribution in [0.25, 0.3) is 16.9 Å². The van der Waals surface area contributed by atoms with Crippen molar-refractivity contribution in [2.75, 3.05) is 36.9 Å². The molecule has 1 aliphatic heterocycles. The average molecular weight is 520 g/mol. The predicted molar refractivity (Wildman–Crippen MR) is 152 cm³/mol. The minimum absolute atomic E-state index is 0.180. The molecule has 39 heavy (non-hydrogen) atoms. The van der Waals surface area contributed by atoms with E-state index in [1.807, 2.05) is 71.2 Å². The molecule has 0 saturated carbocycles. The highest BCUT2D eigenvalue weighted by Crippen LogP contribution is 2.24. The Morgan fingerprint density at radius 3 is 2.38 bits per heavy atom. The van der Waals surface area contributed by atoms with Crippen molar-refractivity contribution in [3.05, 3.63) is 96.8 Å². The fraction of sp³-hybridized carbons (Fsp3) is 0.200. The number of carbonyl (C=O) groups is 1.